The van der Waals surface area contributed by atoms with E-state index in [2.05, 4.69) is 4.98 Å². The summed E-state index contributed by atoms with van der Waals surface area (Å²) in [6.45, 7) is 1.85. The fourth-order valence-electron chi connectivity index (χ4n) is 1.18. The first-order valence-electron chi connectivity index (χ1n) is 3.56. The fraction of sp³-hybridized carbons (Fsp3) is 0.125. The van der Waals surface area contributed by atoms with Gasteiger partial charge in [-0.1, -0.05) is 0 Å². The summed E-state index contributed by atoms with van der Waals surface area (Å²) in [6, 6.07) is 3.42. The number of aromatic amines is 1. The van der Waals surface area contributed by atoms with Crippen LogP contribution in [0, 0.1) is 6.92 Å². The van der Waals surface area contributed by atoms with Crippen LogP contribution in [0.1, 0.15) is 16.2 Å². The topological polar surface area (TPSA) is 72.0 Å². The monoisotopic (exact) mass is 164 g/mol. The van der Waals surface area contributed by atoms with E-state index in [4.69, 9.17) is 10.2 Å². The van der Waals surface area contributed by atoms with Gasteiger partial charge in [-0.25, -0.2) is 0 Å². The predicted molar refractivity (Wildman–Crippen MR) is 43.8 cm³/mol. The summed E-state index contributed by atoms with van der Waals surface area (Å²) < 4.78 is 5.26. The summed E-state index contributed by atoms with van der Waals surface area (Å²) in [7, 11) is 0. The number of nitrogens with one attached hydrogen (secondary N) is 1. The first-order chi connectivity index (χ1) is 5.66. The van der Waals surface area contributed by atoms with Crippen LogP contribution in [0.2, 0.25) is 0 Å². The number of carbonyl (C=O) groups excluding carboxylic acids is 1. The highest BCUT2D eigenvalue weighted by molar-refractivity contribution is 5.95. The van der Waals surface area contributed by atoms with Gasteiger partial charge in [0.1, 0.15) is 11.5 Å². The quantitative estimate of drug-likeness (QED) is 0.664. The van der Waals surface area contributed by atoms with Crippen LogP contribution in [0.15, 0.2) is 16.5 Å². The van der Waals surface area contributed by atoms with Crippen LogP contribution in [0.3, 0.4) is 0 Å². The molecule has 2 rings (SSSR count). The van der Waals surface area contributed by atoms with E-state index < -0.39 is 5.91 Å². The molecule has 1 amide bonds. The van der Waals surface area contributed by atoms with E-state index in [-0.39, 0.29) is 0 Å². The summed E-state index contributed by atoms with van der Waals surface area (Å²) in [6.07, 6.45) is 0. The SMILES string of the molecule is Cc1cc2[nH]c(C(N)=O)cc2o1. The Kier molecular flexibility index (Phi) is 1.24. The number of primary amides is 1. The van der Waals surface area contributed by atoms with Crippen molar-refractivity contribution < 1.29 is 9.21 Å². The van der Waals surface area contributed by atoms with Gasteiger partial charge in [-0.05, 0) is 6.92 Å². The van der Waals surface area contributed by atoms with Crippen molar-refractivity contribution in [2.45, 2.75) is 6.92 Å². The minimum atomic E-state index is -0.473. The Labute approximate surface area is 68.3 Å². The summed E-state index contributed by atoms with van der Waals surface area (Å²) in [5.41, 5.74) is 6.92. The molecule has 0 fully saturated rings. The van der Waals surface area contributed by atoms with Crippen molar-refractivity contribution in [3.8, 4) is 0 Å². The number of carbonyl (C=O) groups is 1. The Bertz CT molecular complexity index is 407. The molecule has 0 aliphatic heterocycles. The molecule has 0 aliphatic carbocycles. The van der Waals surface area contributed by atoms with Gasteiger partial charge in [-0.3, -0.25) is 4.79 Å². The average Bonchev–Trinajstić information content (AvgIpc) is 2.42. The van der Waals surface area contributed by atoms with E-state index in [1.54, 1.807) is 6.07 Å². The van der Waals surface area contributed by atoms with E-state index in [1.165, 1.54) is 0 Å². The maximum absolute atomic E-state index is 10.7. The zero-order valence-corrected chi connectivity index (χ0v) is 6.55. The Hall–Kier alpha value is -1.71. The molecule has 0 unspecified atom stereocenters. The van der Waals surface area contributed by atoms with Crippen molar-refractivity contribution in [3.05, 3.63) is 23.6 Å². The lowest BCUT2D eigenvalue weighted by molar-refractivity contribution is 0.0996. The van der Waals surface area contributed by atoms with Crippen LogP contribution in [-0.2, 0) is 0 Å². The third kappa shape index (κ3) is 0.887. The summed E-state index contributed by atoms with van der Waals surface area (Å²) in [4.78, 5) is 13.6. The third-order valence-electron chi connectivity index (χ3n) is 1.69. The molecule has 0 aliphatic rings. The number of rotatable bonds is 1. The van der Waals surface area contributed by atoms with E-state index in [1.807, 2.05) is 13.0 Å². The number of hydrogen-bond donors (Lipinski definition) is 2. The Morgan fingerprint density at radius 3 is 2.92 bits per heavy atom. The first kappa shape index (κ1) is 6.97. The molecule has 0 atom stereocenters. The maximum Gasteiger partial charge on any atom is 0.265 e. The van der Waals surface area contributed by atoms with Crippen LogP contribution in [-0.4, -0.2) is 10.9 Å². The van der Waals surface area contributed by atoms with Gasteiger partial charge in [0.25, 0.3) is 5.91 Å². The summed E-state index contributed by atoms with van der Waals surface area (Å²) in [5.74, 6) is 0.339. The van der Waals surface area contributed by atoms with Gasteiger partial charge in [0.2, 0.25) is 0 Å². The van der Waals surface area contributed by atoms with Gasteiger partial charge in [0, 0.05) is 12.1 Å². The molecule has 2 aromatic rings. The van der Waals surface area contributed by atoms with Crippen molar-refractivity contribution >= 4 is 17.0 Å². The standard InChI is InChI=1S/C8H8N2O2/c1-4-2-5-7(12-4)3-6(10-5)8(9)11/h2-3,10H,1H3,(H2,9,11). The van der Waals surface area contributed by atoms with Gasteiger partial charge in [-0.15, -0.1) is 0 Å². The smallest absolute Gasteiger partial charge is 0.265 e. The molecule has 0 aromatic carbocycles. The van der Waals surface area contributed by atoms with Crippen LogP contribution < -0.4 is 5.73 Å². The molecule has 2 aromatic heterocycles. The molecule has 0 spiro atoms. The summed E-state index contributed by atoms with van der Waals surface area (Å²) in [5, 5.41) is 0. The number of aromatic nitrogens is 1. The molecule has 0 saturated carbocycles. The van der Waals surface area contributed by atoms with Gasteiger partial charge >= 0.3 is 0 Å². The van der Waals surface area contributed by atoms with Crippen molar-refractivity contribution in [1.82, 2.24) is 4.98 Å². The highest BCUT2D eigenvalue weighted by Gasteiger charge is 2.08. The first-order valence-corrected chi connectivity index (χ1v) is 3.56. The Morgan fingerprint density at radius 2 is 2.33 bits per heavy atom. The van der Waals surface area contributed by atoms with E-state index in [0.717, 1.165) is 11.3 Å². The van der Waals surface area contributed by atoms with Gasteiger partial charge < -0.3 is 15.1 Å². The third-order valence-corrected chi connectivity index (χ3v) is 1.69. The number of furan rings is 1. The van der Waals surface area contributed by atoms with Crippen molar-refractivity contribution in [3.63, 3.8) is 0 Å². The lowest BCUT2D eigenvalue weighted by atomic mass is 10.4. The number of hydrogen-bond acceptors (Lipinski definition) is 2. The molecule has 62 valence electrons. The molecule has 0 radical (unpaired) electrons. The number of amides is 1. The number of aryl methyl sites for hydroxylation is 1. The molecule has 0 bridgehead atoms. The van der Waals surface area contributed by atoms with Crippen LogP contribution in [0.4, 0.5) is 0 Å². The number of fused-ring (bicyclic) bond motifs is 1. The van der Waals surface area contributed by atoms with Crippen molar-refractivity contribution in [1.29, 1.82) is 0 Å². The van der Waals surface area contributed by atoms with Crippen LogP contribution in [0.5, 0.6) is 0 Å². The van der Waals surface area contributed by atoms with E-state index in [9.17, 15) is 4.79 Å². The molecule has 4 nitrogen and oxygen atoms in total. The molecular formula is C8H8N2O2. The molecule has 3 N–H and O–H groups in total. The van der Waals surface area contributed by atoms with Crippen LogP contribution >= 0.6 is 0 Å². The zero-order valence-electron chi connectivity index (χ0n) is 6.55. The van der Waals surface area contributed by atoms with E-state index >= 15 is 0 Å². The predicted octanol–water partition coefficient (Wildman–Crippen LogP) is 1.17. The second kappa shape index (κ2) is 2.14. The fourth-order valence-corrected chi connectivity index (χ4v) is 1.18. The summed E-state index contributed by atoms with van der Waals surface area (Å²) >= 11 is 0. The highest BCUT2D eigenvalue weighted by Crippen LogP contribution is 2.18. The van der Waals surface area contributed by atoms with E-state index in [0.29, 0.717) is 11.3 Å². The zero-order chi connectivity index (χ0) is 8.72. The number of H-pyrrole nitrogens is 1. The maximum atomic E-state index is 10.7. The largest absolute Gasteiger partial charge is 0.460 e. The van der Waals surface area contributed by atoms with Crippen molar-refractivity contribution in [2.24, 2.45) is 5.73 Å². The minimum Gasteiger partial charge on any atom is -0.460 e. The van der Waals surface area contributed by atoms with Gasteiger partial charge in [-0.2, -0.15) is 0 Å². The van der Waals surface area contributed by atoms with Crippen molar-refractivity contribution in [2.75, 3.05) is 0 Å². The van der Waals surface area contributed by atoms with Gasteiger partial charge in [0.05, 0.1) is 5.52 Å². The minimum absolute atomic E-state index is 0.378. The lowest BCUT2D eigenvalue weighted by Crippen LogP contribution is -2.10. The molecular weight excluding hydrogens is 156 g/mol. The van der Waals surface area contributed by atoms with Crippen LogP contribution in [0.25, 0.3) is 11.1 Å². The molecule has 2 heterocycles. The number of nitrogens with two attached hydrogens (primary N) is 1. The second-order valence-electron chi connectivity index (χ2n) is 2.68. The molecule has 0 saturated heterocycles. The average molecular weight is 164 g/mol. The second-order valence-corrected chi connectivity index (χ2v) is 2.68. The lowest BCUT2D eigenvalue weighted by Gasteiger charge is -1.84. The Morgan fingerprint density at radius 1 is 1.58 bits per heavy atom. The Balaban J connectivity index is 2.64. The van der Waals surface area contributed by atoms with Gasteiger partial charge in [0.15, 0.2) is 5.58 Å². The molecule has 12 heavy (non-hydrogen) atoms. The highest BCUT2D eigenvalue weighted by atomic mass is 16.3. The normalized spacial score (nSPS) is 10.8. The molecule has 4 heteroatoms.